The fourth-order valence-corrected chi connectivity index (χ4v) is 5.13. The molecule has 2 fully saturated rings. The molecule has 1 N–H and O–H groups in total. The predicted molar refractivity (Wildman–Crippen MR) is 145 cm³/mol. The van der Waals surface area contributed by atoms with Gasteiger partial charge in [0.2, 0.25) is 0 Å². The Morgan fingerprint density at radius 2 is 1.68 bits per heavy atom. The van der Waals surface area contributed by atoms with Gasteiger partial charge in [0.15, 0.2) is 5.54 Å². The van der Waals surface area contributed by atoms with Gasteiger partial charge >= 0.3 is 5.97 Å². The van der Waals surface area contributed by atoms with Gasteiger partial charge in [0, 0.05) is 34.5 Å². The topological polar surface area (TPSA) is 84.1 Å². The van der Waals surface area contributed by atoms with Crippen molar-refractivity contribution >= 4 is 23.3 Å². The molecule has 38 heavy (non-hydrogen) atoms. The number of carbonyl (C=O) groups excluding carboxylic acids is 1. The van der Waals surface area contributed by atoms with E-state index in [1.807, 2.05) is 66.7 Å². The first-order valence-electron chi connectivity index (χ1n) is 12.7. The molecular formula is C31H30N3NiO3-. The van der Waals surface area contributed by atoms with Crippen LogP contribution >= 0.6 is 0 Å². The van der Waals surface area contributed by atoms with Crippen LogP contribution in [-0.4, -0.2) is 45.7 Å². The van der Waals surface area contributed by atoms with Gasteiger partial charge in [-0.25, -0.2) is 4.79 Å². The molecule has 0 bridgehead atoms. The molecule has 3 aromatic rings. The van der Waals surface area contributed by atoms with Crippen LogP contribution in [0.15, 0.2) is 103 Å². The summed E-state index contributed by atoms with van der Waals surface area (Å²) in [6.45, 7) is 5.34. The molecule has 0 radical (unpaired) electrons. The van der Waals surface area contributed by atoms with Crippen molar-refractivity contribution in [3.05, 3.63) is 120 Å². The maximum absolute atomic E-state index is 13.5. The zero-order valence-electron chi connectivity index (χ0n) is 21.0. The monoisotopic (exact) mass is 550 g/mol. The molecule has 1 aliphatic heterocycles. The van der Waals surface area contributed by atoms with Crippen molar-refractivity contribution in [1.82, 2.24) is 4.90 Å². The van der Waals surface area contributed by atoms with Gasteiger partial charge in [-0.1, -0.05) is 91.0 Å². The van der Waals surface area contributed by atoms with Crippen LogP contribution in [-0.2, 0) is 32.6 Å². The van der Waals surface area contributed by atoms with Crippen molar-refractivity contribution in [3.63, 3.8) is 0 Å². The Bertz CT molecular complexity index is 1330. The first-order chi connectivity index (χ1) is 18.0. The van der Waals surface area contributed by atoms with E-state index in [1.54, 1.807) is 12.1 Å². The van der Waals surface area contributed by atoms with Crippen molar-refractivity contribution in [1.29, 1.82) is 0 Å². The average molecular weight is 551 g/mol. The van der Waals surface area contributed by atoms with E-state index in [0.29, 0.717) is 29.9 Å². The Hall–Kier alpha value is -3.54. The van der Waals surface area contributed by atoms with E-state index in [1.165, 1.54) is 5.56 Å². The Balaban J connectivity index is 0.00000336. The molecule has 0 spiro atoms. The zero-order chi connectivity index (χ0) is 25.8. The molecule has 6 nitrogen and oxygen atoms in total. The van der Waals surface area contributed by atoms with Gasteiger partial charge in [-0.15, -0.1) is 12.3 Å². The quantitative estimate of drug-likeness (QED) is 0.209. The molecule has 7 heteroatoms. The number of hydrogen-bond acceptors (Lipinski definition) is 4. The SMILES string of the molecule is C=C[C@@H]1C[C@]1(N=C(c1ccccc1)c1ccccc1[N-]C(=O)C1CCCN1Cc1ccccc1)C(=O)O.[Ni]. The summed E-state index contributed by atoms with van der Waals surface area (Å²) in [7, 11) is 0. The van der Waals surface area contributed by atoms with Gasteiger partial charge in [-0.3, -0.25) is 9.89 Å². The van der Waals surface area contributed by atoms with E-state index in [-0.39, 0.29) is 34.4 Å². The Kier molecular flexibility index (Phi) is 8.60. The first-order valence-corrected chi connectivity index (χ1v) is 12.7. The number of rotatable bonds is 9. The Morgan fingerprint density at radius 3 is 2.34 bits per heavy atom. The number of para-hydroxylation sites is 1. The van der Waals surface area contributed by atoms with Crippen LogP contribution in [0.2, 0.25) is 0 Å². The summed E-state index contributed by atoms with van der Waals surface area (Å²) in [5.74, 6) is -1.39. The smallest absolute Gasteiger partial charge is 0.332 e. The van der Waals surface area contributed by atoms with E-state index in [4.69, 9.17) is 4.99 Å². The molecule has 1 saturated heterocycles. The van der Waals surface area contributed by atoms with E-state index in [2.05, 4.69) is 28.9 Å². The van der Waals surface area contributed by atoms with Gasteiger partial charge in [0.05, 0.1) is 17.7 Å². The van der Waals surface area contributed by atoms with Crippen molar-refractivity contribution in [3.8, 4) is 0 Å². The molecule has 5 rings (SSSR count). The first kappa shape index (κ1) is 27.5. The molecule has 1 heterocycles. The number of nitrogens with zero attached hydrogens (tertiary/aromatic N) is 3. The summed E-state index contributed by atoms with van der Waals surface area (Å²) in [6.07, 6.45) is 3.76. The summed E-state index contributed by atoms with van der Waals surface area (Å²) in [5, 5.41) is 14.6. The second-order valence-corrected chi connectivity index (χ2v) is 9.68. The minimum absolute atomic E-state index is 0. The third-order valence-corrected chi connectivity index (χ3v) is 7.26. The number of aliphatic imine (C=N–C) groups is 1. The second kappa shape index (κ2) is 11.9. The molecule has 3 aromatic carbocycles. The van der Waals surface area contributed by atoms with Gasteiger partial charge in [-0.2, -0.15) is 0 Å². The van der Waals surface area contributed by atoms with Crippen LogP contribution in [0, 0.1) is 5.92 Å². The predicted octanol–water partition coefficient (Wildman–Crippen LogP) is 5.75. The van der Waals surface area contributed by atoms with E-state index in [9.17, 15) is 14.7 Å². The molecule has 1 aliphatic carbocycles. The summed E-state index contributed by atoms with van der Waals surface area (Å²) in [6, 6.07) is 26.7. The van der Waals surface area contributed by atoms with E-state index >= 15 is 0 Å². The van der Waals surface area contributed by atoms with Crippen molar-refractivity contribution in [2.45, 2.75) is 37.4 Å². The molecule has 0 aromatic heterocycles. The normalized spacial score (nSPS) is 22.8. The van der Waals surface area contributed by atoms with Gasteiger partial charge in [-0.05, 0) is 36.9 Å². The maximum Gasteiger partial charge on any atom is 0.332 e. The van der Waals surface area contributed by atoms with Gasteiger partial charge in [0.25, 0.3) is 0 Å². The molecule has 3 atom stereocenters. The van der Waals surface area contributed by atoms with Crippen LogP contribution in [0.4, 0.5) is 5.69 Å². The molecule has 198 valence electrons. The number of amides is 1. The number of likely N-dealkylation sites (tertiary alicyclic amines) is 1. The number of benzene rings is 3. The van der Waals surface area contributed by atoms with Crippen LogP contribution in [0.5, 0.6) is 0 Å². The van der Waals surface area contributed by atoms with Crippen molar-refractivity contribution in [2.75, 3.05) is 6.54 Å². The van der Waals surface area contributed by atoms with Crippen molar-refractivity contribution in [2.24, 2.45) is 10.9 Å². The summed E-state index contributed by atoms with van der Waals surface area (Å²) >= 11 is 0. The summed E-state index contributed by atoms with van der Waals surface area (Å²) in [4.78, 5) is 32.7. The van der Waals surface area contributed by atoms with Gasteiger partial charge < -0.3 is 15.2 Å². The fourth-order valence-electron chi connectivity index (χ4n) is 5.13. The largest absolute Gasteiger partial charge is 0.625 e. The van der Waals surface area contributed by atoms with E-state index < -0.39 is 11.5 Å². The van der Waals surface area contributed by atoms with Gasteiger partial charge in [0.1, 0.15) is 0 Å². The number of carbonyl (C=O) groups is 2. The van der Waals surface area contributed by atoms with Crippen LogP contribution in [0.3, 0.4) is 0 Å². The second-order valence-electron chi connectivity index (χ2n) is 9.68. The minimum Gasteiger partial charge on any atom is -0.625 e. The van der Waals surface area contributed by atoms with Crippen molar-refractivity contribution < 1.29 is 31.2 Å². The summed E-state index contributed by atoms with van der Waals surface area (Å²) < 4.78 is 0. The Labute approximate surface area is 233 Å². The molecule has 2 aliphatic rings. The zero-order valence-corrected chi connectivity index (χ0v) is 22.0. The molecule has 1 amide bonds. The number of carboxylic acids is 1. The standard InChI is InChI=1S/C31H31N3O3.Ni/c1-2-24-20-31(24,30(36)37)33-28(23-14-7-4-8-15-23)25-16-9-10-17-26(25)32-29(35)27-18-11-19-34(27)21-22-12-5-3-6-13-22;/h2-10,12-17,24,27H,1,11,18-21H2,(H2,32,33,35,36,37);/p-1/t24-,27?,31-;/m1./s1. The van der Waals surface area contributed by atoms with Crippen LogP contribution < -0.4 is 0 Å². The van der Waals surface area contributed by atoms with E-state index in [0.717, 1.165) is 24.9 Å². The fraction of sp³-hybridized carbons (Fsp3) is 0.258. The number of aliphatic carboxylic acids is 1. The molecule has 1 unspecified atom stereocenters. The molecular weight excluding hydrogens is 521 g/mol. The maximum atomic E-state index is 13.5. The number of hydrogen-bond donors (Lipinski definition) is 1. The minimum atomic E-state index is -1.25. The third-order valence-electron chi connectivity index (χ3n) is 7.26. The van der Waals surface area contributed by atoms with Crippen LogP contribution in [0.1, 0.15) is 36.0 Å². The number of carboxylic acid groups (broad SMARTS) is 1. The average Bonchev–Trinajstić information content (AvgIpc) is 3.47. The summed E-state index contributed by atoms with van der Waals surface area (Å²) in [5.41, 5.74) is 2.36. The third kappa shape index (κ3) is 5.64. The van der Waals surface area contributed by atoms with Crippen LogP contribution in [0.25, 0.3) is 5.32 Å². The molecule has 1 saturated carbocycles. The Morgan fingerprint density at radius 1 is 1.03 bits per heavy atom.